The number of carbonyl (C=O) groups is 1. The number of aliphatic hydroxyl groups excluding tert-OH is 1. The largest absolute Gasteiger partial charge is 0.391 e. The molecule has 0 saturated carbocycles. The number of carbonyl (C=O) groups excluding carboxylic acids is 1. The van der Waals surface area contributed by atoms with Crippen LogP contribution in [-0.2, 0) is 4.79 Å². The number of hydrogen-bond donors (Lipinski definition) is 1. The van der Waals surface area contributed by atoms with Crippen molar-refractivity contribution in [2.24, 2.45) is 0 Å². The highest BCUT2D eigenvalue weighted by Crippen LogP contribution is 2.30. The quantitative estimate of drug-likeness (QED) is 0.749. The lowest BCUT2D eigenvalue weighted by Crippen LogP contribution is -2.26. The Morgan fingerprint density at radius 3 is 2.80 bits per heavy atom. The highest BCUT2D eigenvalue weighted by molar-refractivity contribution is 6.43. The van der Waals surface area contributed by atoms with Crippen LogP contribution in [0.5, 0.6) is 0 Å². The van der Waals surface area contributed by atoms with Gasteiger partial charge in [0.05, 0.1) is 19.1 Å². The molecule has 5 nitrogen and oxygen atoms in total. The van der Waals surface area contributed by atoms with Crippen LogP contribution in [0.3, 0.4) is 0 Å². The van der Waals surface area contributed by atoms with Crippen LogP contribution in [0.2, 0.25) is 10.2 Å². The molecule has 1 atom stereocenters. The van der Waals surface area contributed by atoms with Gasteiger partial charge in [-0.15, -0.1) is 0 Å². The summed E-state index contributed by atoms with van der Waals surface area (Å²) in [5.74, 6) is 0.0254. The molecule has 0 aliphatic carbocycles. The molecule has 15 heavy (non-hydrogen) atoms. The topological polar surface area (TPSA) is 66.3 Å². The normalized spacial score (nSPS) is 21.1. The van der Waals surface area contributed by atoms with E-state index in [1.165, 1.54) is 11.2 Å². The van der Waals surface area contributed by atoms with E-state index in [9.17, 15) is 9.90 Å². The molecule has 1 unspecified atom stereocenters. The van der Waals surface area contributed by atoms with Gasteiger partial charge in [0.25, 0.3) is 0 Å². The third kappa shape index (κ3) is 1.90. The van der Waals surface area contributed by atoms with Crippen LogP contribution in [0.15, 0.2) is 6.33 Å². The van der Waals surface area contributed by atoms with Crippen LogP contribution in [0.25, 0.3) is 0 Å². The van der Waals surface area contributed by atoms with Gasteiger partial charge in [0.15, 0.2) is 11.0 Å². The molecule has 0 spiro atoms. The number of halogens is 2. The van der Waals surface area contributed by atoms with Gasteiger partial charge in [-0.1, -0.05) is 23.2 Å². The van der Waals surface area contributed by atoms with E-state index >= 15 is 0 Å². The van der Waals surface area contributed by atoms with Gasteiger partial charge in [0, 0.05) is 0 Å². The van der Waals surface area contributed by atoms with E-state index in [2.05, 4.69) is 9.97 Å². The number of β-amino-alcohol motifs (C(OH)–C–C–N with tert-alkyl or cyclic N) is 1. The second kappa shape index (κ2) is 3.92. The summed E-state index contributed by atoms with van der Waals surface area (Å²) in [6, 6.07) is 0. The average Bonchev–Trinajstić information content (AvgIpc) is 2.50. The Bertz CT molecular complexity index is 413. The maximum atomic E-state index is 11.5. The smallest absolute Gasteiger partial charge is 0.230 e. The summed E-state index contributed by atoms with van der Waals surface area (Å²) in [6.45, 7) is 0.186. The molecule has 1 aromatic heterocycles. The number of hydrogen-bond acceptors (Lipinski definition) is 4. The summed E-state index contributed by atoms with van der Waals surface area (Å²) in [7, 11) is 0. The zero-order valence-electron chi connectivity index (χ0n) is 7.52. The van der Waals surface area contributed by atoms with Crippen molar-refractivity contribution in [1.82, 2.24) is 9.97 Å². The molecule has 1 amide bonds. The molecule has 1 N–H and O–H groups in total. The number of amides is 1. The van der Waals surface area contributed by atoms with E-state index in [1.54, 1.807) is 0 Å². The highest BCUT2D eigenvalue weighted by Gasteiger charge is 2.31. The van der Waals surface area contributed by atoms with Crippen LogP contribution in [0.1, 0.15) is 6.42 Å². The Labute approximate surface area is 95.6 Å². The third-order valence-corrected chi connectivity index (χ3v) is 2.82. The summed E-state index contributed by atoms with van der Waals surface area (Å²) < 4.78 is 0. The van der Waals surface area contributed by atoms with Crippen molar-refractivity contribution >= 4 is 34.9 Å². The minimum absolute atomic E-state index is 0.0813. The summed E-state index contributed by atoms with van der Waals surface area (Å²) in [5, 5.41) is 9.53. The molecule has 1 aromatic rings. The number of aliphatic hydroxyl groups is 1. The standard InChI is InChI=1S/C8H7Cl2N3O2/c9-6-7(10)11-3-12-8(6)13-2-4(14)1-5(13)15/h3-4,14H,1-2H2. The molecule has 7 heteroatoms. The van der Waals surface area contributed by atoms with Crippen molar-refractivity contribution in [3.63, 3.8) is 0 Å². The van der Waals surface area contributed by atoms with E-state index in [-0.39, 0.29) is 34.9 Å². The van der Waals surface area contributed by atoms with Gasteiger partial charge in [0.2, 0.25) is 5.91 Å². The van der Waals surface area contributed by atoms with Gasteiger partial charge in [-0.2, -0.15) is 0 Å². The van der Waals surface area contributed by atoms with E-state index in [0.29, 0.717) is 0 Å². The first-order valence-electron chi connectivity index (χ1n) is 4.24. The number of rotatable bonds is 1. The minimum atomic E-state index is -0.678. The van der Waals surface area contributed by atoms with E-state index < -0.39 is 6.10 Å². The lowest BCUT2D eigenvalue weighted by molar-refractivity contribution is -0.117. The van der Waals surface area contributed by atoms with Gasteiger partial charge in [0.1, 0.15) is 11.3 Å². The first-order chi connectivity index (χ1) is 7.09. The summed E-state index contributed by atoms with van der Waals surface area (Å²) in [5.41, 5.74) is 0. The number of aromatic nitrogens is 2. The van der Waals surface area contributed by atoms with Gasteiger partial charge in [-0.25, -0.2) is 9.97 Å². The molecule has 0 radical (unpaired) electrons. The zero-order valence-corrected chi connectivity index (χ0v) is 9.03. The van der Waals surface area contributed by atoms with Crippen molar-refractivity contribution in [2.45, 2.75) is 12.5 Å². The molecular formula is C8H7Cl2N3O2. The number of nitrogens with zero attached hydrogens (tertiary/aromatic N) is 3. The SMILES string of the molecule is O=C1CC(O)CN1c1ncnc(Cl)c1Cl. The molecule has 1 aliphatic rings. The minimum Gasteiger partial charge on any atom is -0.391 e. The Balaban J connectivity index is 2.38. The average molecular weight is 248 g/mol. The molecule has 80 valence electrons. The van der Waals surface area contributed by atoms with Crippen molar-refractivity contribution in [3.8, 4) is 0 Å². The Morgan fingerprint density at radius 1 is 1.47 bits per heavy atom. The fourth-order valence-electron chi connectivity index (χ4n) is 1.42. The molecule has 0 bridgehead atoms. The summed E-state index contributed by atoms with van der Waals surface area (Å²) in [6.07, 6.45) is 0.627. The van der Waals surface area contributed by atoms with Crippen molar-refractivity contribution in [1.29, 1.82) is 0 Å². The van der Waals surface area contributed by atoms with E-state index in [1.807, 2.05) is 0 Å². The predicted octanol–water partition coefficient (Wildman–Crippen LogP) is 0.881. The van der Waals surface area contributed by atoms with E-state index in [4.69, 9.17) is 23.2 Å². The molecule has 1 aliphatic heterocycles. The van der Waals surface area contributed by atoms with Gasteiger partial charge in [-0.05, 0) is 0 Å². The van der Waals surface area contributed by atoms with E-state index in [0.717, 1.165) is 0 Å². The fourth-order valence-corrected chi connectivity index (χ4v) is 1.75. The maximum Gasteiger partial charge on any atom is 0.230 e. The molecule has 1 fully saturated rings. The Hall–Kier alpha value is -0.910. The summed E-state index contributed by atoms with van der Waals surface area (Å²) >= 11 is 11.5. The second-order valence-electron chi connectivity index (χ2n) is 3.16. The lowest BCUT2D eigenvalue weighted by Gasteiger charge is -2.15. The van der Waals surface area contributed by atoms with Gasteiger partial charge in [-0.3, -0.25) is 9.69 Å². The molecule has 0 aromatic carbocycles. The summed E-state index contributed by atoms with van der Waals surface area (Å²) in [4.78, 5) is 20.3. The molecule has 2 heterocycles. The molecule has 1 saturated heterocycles. The zero-order chi connectivity index (χ0) is 11.0. The third-order valence-electron chi connectivity index (χ3n) is 2.09. The molecule has 2 rings (SSSR count). The fraction of sp³-hybridized carbons (Fsp3) is 0.375. The van der Waals surface area contributed by atoms with Crippen molar-refractivity contribution in [3.05, 3.63) is 16.5 Å². The van der Waals surface area contributed by atoms with Gasteiger partial charge >= 0.3 is 0 Å². The first-order valence-corrected chi connectivity index (χ1v) is 4.99. The van der Waals surface area contributed by atoms with Crippen LogP contribution in [0.4, 0.5) is 5.82 Å². The Morgan fingerprint density at radius 2 is 2.20 bits per heavy atom. The van der Waals surface area contributed by atoms with Gasteiger partial charge < -0.3 is 5.11 Å². The molecular weight excluding hydrogens is 241 g/mol. The Kier molecular flexibility index (Phi) is 2.77. The first kappa shape index (κ1) is 10.6. The monoisotopic (exact) mass is 247 g/mol. The van der Waals surface area contributed by atoms with Crippen LogP contribution >= 0.6 is 23.2 Å². The van der Waals surface area contributed by atoms with Crippen LogP contribution in [0, 0.1) is 0 Å². The predicted molar refractivity (Wildman–Crippen MR) is 55.0 cm³/mol. The number of anilines is 1. The maximum absolute atomic E-state index is 11.5. The lowest BCUT2D eigenvalue weighted by atomic mass is 10.3. The van der Waals surface area contributed by atoms with Crippen LogP contribution in [-0.4, -0.2) is 33.6 Å². The highest BCUT2D eigenvalue weighted by atomic mass is 35.5. The van der Waals surface area contributed by atoms with Crippen LogP contribution < -0.4 is 4.90 Å². The van der Waals surface area contributed by atoms with Crippen molar-refractivity contribution < 1.29 is 9.90 Å². The second-order valence-corrected chi connectivity index (χ2v) is 3.90. The van der Waals surface area contributed by atoms with Crippen molar-refractivity contribution in [2.75, 3.05) is 11.4 Å².